The molecular formula is C13H16BrN3O. The molecule has 0 amide bonds. The highest BCUT2D eigenvalue weighted by Gasteiger charge is 2.08. The van der Waals surface area contributed by atoms with Crippen LogP contribution in [0.1, 0.15) is 24.1 Å². The van der Waals surface area contributed by atoms with E-state index in [1.165, 1.54) is 0 Å². The number of nitrogens with zero attached hydrogens (tertiary/aromatic N) is 3. The van der Waals surface area contributed by atoms with Gasteiger partial charge in [0, 0.05) is 17.9 Å². The average molecular weight is 310 g/mol. The Morgan fingerprint density at radius 1 is 1.28 bits per heavy atom. The zero-order valence-electron chi connectivity index (χ0n) is 10.8. The molecule has 18 heavy (non-hydrogen) atoms. The van der Waals surface area contributed by atoms with Gasteiger partial charge in [-0.1, -0.05) is 22.9 Å². The minimum Gasteiger partial charge on any atom is -0.485 e. The molecule has 2 aromatic rings. The van der Waals surface area contributed by atoms with Gasteiger partial charge in [-0.05, 0) is 30.7 Å². The number of aromatic nitrogens is 3. The smallest absolute Gasteiger partial charge is 0.170 e. The second kappa shape index (κ2) is 5.52. The summed E-state index contributed by atoms with van der Waals surface area (Å²) in [5, 5.41) is 8.24. The fourth-order valence-corrected chi connectivity index (χ4v) is 2.22. The van der Waals surface area contributed by atoms with Crippen molar-refractivity contribution in [3.63, 3.8) is 0 Å². The van der Waals surface area contributed by atoms with E-state index in [-0.39, 0.29) is 0 Å². The van der Waals surface area contributed by atoms with E-state index >= 15 is 0 Å². The molecule has 0 unspecified atom stereocenters. The predicted octanol–water partition coefficient (Wildman–Crippen LogP) is 3.03. The van der Waals surface area contributed by atoms with Gasteiger partial charge in [-0.3, -0.25) is 0 Å². The third-order valence-corrected chi connectivity index (χ3v) is 3.36. The van der Waals surface area contributed by atoms with Crippen molar-refractivity contribution in [1.82, 2.24) is 14.8 Å². The molecule has 1 aromatic heterocycles. The molecule has 5 heteroatoms. The van der Waals surface area contributed by atoms with Crippen LogP contribution in [0, 0.1) is 6.92 Å². The van der Waals surface area contributed by atoms with E-state index in [2.05, 4.69) is 33.1 Å². The molecule has 0 saturated heterocycles. The first kappa shape index (κ1) is 13.1. The minimum atomic E-state index is 0.436. The monoisotopic (exact) mass is 309 g/mol. The topological polar surface area (TPSA) is 39.9 Å². The van der Waals surface area contributed by atoms with E-state index in [0.717, 1.165) is 33.9 Å². The lowest BCUT2D eigenvalue weighted by Crippen LogP contribution is -2.06. The molecule has 0 aliphatic rings. The van der Waals surface area contributed by atoms with Gasteiger partial charge in [-0.2, -0.15) is 0 Å². The fraction of sp³-hybridized carbons (Fsp3) is 0.385. The summed E-state index contributed by atoms with van der Waals surface area (Å²) in [5.74, 6) is 2.69. The molecule has 2 rings (SSSR count). The van der Waals surface area contributed by atoms with E-state index in [9.17, 15) is 0 Å². The molecule has 0 bridgehead atoms. The lowest BCUT2D eigenvalue weighted by molar-refractivity contribution is 0.289. The largest absolute Gasteiger partial charge is 0.485 e. The van der Waals surface area contributed by atoms with E-state index in [1.54, 1.807) is 0 Å². The molecule has 0 spiro atoms. The van der Waals surface area contributed by atoms with Crippen molar-refractivity contribution < 1.29 is 4.74 Å². The van der Waals surface area contributed by atoms with Gasteiger partial charge in [0.1, 0.15) is 18.2 Å². The standard InChI is InChI=1S/C13H16BrN3O/c1-4-12-15-16-13(17(12)3)8-18-11-6-5-10(14)7-9(11)2/h5-7H,4,8H2,1-3H3. The van der Waals surface area contributed by atoms with Crippen LogP contribution in [0.25, 0.3) is 0 Å². The molecule has 1 heterocycles. The highest BCUT2D eigenvalue weighted by molar-refractivity contribution is 9.10. The van der Waals surface area contributed by atoms with E-state index < -0.39 is 0 Å². The van der Waals surface area contributed by atoms with Gasteiger partial charge >= 0.3 is 0 Å². The third-order valence-electron chi connectivity index (χ3n) is 2.87. The second-order valence-electron chi connectivity index (χ2n) is 4.14. The van der Waals surface area contributed by atoms with Gasteiger partial charge in [0.25, 0.3) is 0 Å². The van der Waals surface area contributed by atoms with E-state index in [1.807, 2.05) is 36.7 Å². The number of ether oxygens (including phenoxy) is 1. The number of hydrogen-bond donors (Lipinski definition) is 0. The molecule has 0 radical (unpaired) electrons. The van der Waals surface area contributed by atoms with Gasteiger partial charge in [-0.25, -0.2) is 0 Å². The van der Waals surface area contributed by atoms with E-state index in [4.69, 9.17) is 4.74 Å². The van der Waals surface area contributed by atoms with Crippen molar-refractivity contribution in [2.45, 2.75) is 26.9 Å². The Balaban J connectivity index is 2.09. The third kappa shape index (κ3) is 2.72. The number of hydrogen-bond acceptors (Lipinski definition) is 3. The molecule has 0 aliphatic heterocycles. The summed E-state index contributed by atoms with van der Waals surface area (Å²) in [6, 6.07) is 5.95. The SMILES string of the molecule is CCc1nnc(COc2ccc(Br)cc2C)n1C. The lowest BCUT2D eigenvalue weighted by Gasteiger charge is -2.09. The Morgan fingerprint density at radius 2 is 2.00 bits per heavy atom. The van der Waals surface area contributed by atoms with Crippen LogP contribution in [-0.2, 0) is 20.1 Å². The van der Waals surface area contributed by atoms with Crippen LogP contribution in [0.3, 0.4) is 0 Å². The quantitative estimate of drug-likeness (QED) is 0.871. The summed E-state index contributed by atoms with van der Waals surface area (Å²) in [5.41, 5.74) is 1.10. The molecule has 4 nitrogen and oxygen atoms in total. The van der Waals surface area contributed by atoms with Gasteiger partial charge < -0.3 is 9.30 Å². The lowest BCUT2D eigenvalue weighted by atomic mass is 10.2. The van der Waals surface area contributed by atoms with Gasteiger partial charge in [0.15, 0.2) is 5.82 Å². The van der Waals surface area contributed by atoms with Crippen molar-refractivity contribution in [1.29, 1.82) is 0 Å². The van der Waals surface area contributed by atoms with Crippen molar-refractivity contribution in [3.05, 3.63) is 39.9 Å². The van der Waals surface area contributed by atoms with Crippen LogP contribution in [0.5, 0.6) is 5.75 Å². The van der Waals surface area contributed by atoms with Crippen molar-refractivity contribution >= 4 is 15.9 Å². The Bertz CT molecular complexity index is 551. The minimum absolute atomic E-state index is 0.436. The highest BCUT2D eigenvalue weighted by atomic mass is 79.9. The molecule has 96 valence electrons. The van der Waals surface area contributed by atoms with Gasteiger partial charge in [0.2, 0.25) is 0 Å². The van der Waals surface area contributed by atoms with E-state index in [0.29, 0.717) is 6.61 Å². The van der Waals surface area contributed by atoms with Gasteiger partial charge in [-0.15, -0.1) is 10.2 Å². The summed E-state index contributed by atoms with van der Waals surface area (Å²) >= 11 is 3.43. The molecule has 0 saturated carbocycles. The van der Waals surface area contributed by atoms with Crippen LogP contribution in [-0.4, -0.2) is 14.8 Å². The maximum atomic E-state index is 5.77. The number of halogens is 1. The first-order valence-electron chi connectivity index (χ1n) is 5.88. The second-order valence-corrected chi connectivity index (χ2v) is 5.06. The Hall–Kier alpha value is -1.36. The molecule has 0 atom stereocenters. The summed E-state index contributed by atoms with van der Waals surface area (Å²) in [7, 11) is 1.96. The van der Waals surface area contributed by atoms with Crippen LogP contribution in [0.15, 0.2) is 22.7 Å². The predicted molar refractivity (Wildman–Crippen MR) is 73.6 cm³/mol. The highest BCUT2D eigenvalue weighted by Crippen LogP contribution is 2.22. The normalized spacial score (nSPS) is 10.7. The number of benzene rings is 1. The Kier molecular flexibility index (Phi) is 4.01. The maximum Gasteiger partial charge on any atom is 0.170 e. The van der Waals surface area contributed by atoms with Crippen LogP contribution in [0.4, 0.5) is 0 Å². The first-order valence-corrected chi connectivity index (χ1v) is 6.67. The van der Waals surface area contributed by atoms with Crippen LogP contribution in [0.2, 0.25) is 0 Å². The van der Waals surface area contributed by atoms with Crippen LogP contribution < -0.4 is 4.74 Å². The molecule has 0 fully saturated rings. The maximum absolute atomic E-state index is 5.77. The molecule has 1 aromatic carbocycles. The van der Waals surface area contributed by atoms with Crippen molar-refractivity contribution in [2.75, 3.05) is 0 Å². The Morgan fingerprint density at radius 3 is 2.61 bits per heavy atom. The zero-order chi connectivity index (χ0) is 13.1. The summed E-state index contributed by atoms with van der Waals surface area (Å²) in [6.45, 7) is 4.52. The number of aryl methyl sites for hydroxylation is 2. The van der Waals surface area contributed by atoms with Crippen molar-refractivity contribution in [2.24, 2.45) is 7.05 Å². The molecular weight excluding hydrogens is 294 g/mol. The summed E-state index contributed by atoms with van der Waals surface area (Å²) in [4.78, 5) is 0. The Labute approximate surface area is 115 Å². The fourth-order valence-electron chi connectivity index (χ4n) is 1.75. The van der Waals surface area contributed by atoms with Crippen LogP contribution >= 0.6 is 15.9 Å². The summed E-state index contributed by atoms with van der Waals surface area (Å²) < 4.78 is 8.81. The number of rotatable bonds is 4. The average Bonchev–Trinajstić information content (AvgIpc) is 2.69. The summed E-state index contributed by atoms with van der Waals surface area (Å²) in [6.07, 6.45) is 0.876. The molecule has 0 aliphatic carbocycles. The van der Waals surface area contributed by atoms with Gasteiger partial charge in [0.05, 0.1) is 0 Å². The molecule has 0 N–H and O–H groups in total. The zero-order valence-corrected chi connectivity index (χ0v) is 12.4. The van der Waals surface area contributed by atoms with Crippen molar-refractivity contribution in [3.8, 4) is 5.75 Å². The first-order chi connectivity index (χ1) is 8.61.